The molecule has 0 spiro atoms. The summed E-state index contributed by atoms with van der Waals surface area (Å²) in [5.74, 6) is 1.95. The Bertz CT molecular complexity index is 555. The zero-order valence-electron chi connectivity index (χ0n) is 13.1. The van der Waals surface area contributed by atoms with Crippen molar-refractivity contribution < 1.29 is 0 Å². The van der Waals surface area contributed by atoms with Gasteiger partial charge in [0.1, 0.15) is 5.82 Å². The van der Waals surface area contributed by atoms with E-state index in [1.807, 2.05) is 24.0 Å². The van der Waals surface area contributed by atoms with Crippen LogP contribution in [0.25, 0.3) is 0 Å². The fourth-order valence-electron chi connectivity index (χ4n) is 1.85. The normalized spacial score (nSPS) is 12.0. The first-order valence-electron chi connectivity index (χ1n) is 7.07. The van der Waals surface area contributed by atoms with E-state index in [0.29, 0.717) is 0 Å². The lowest BCUT2D eigenvalue weighted by atomic mass is 10.1. The van der Waals surface area contributed by atoms with E-state index in [0.717, 1.165) is 36.4 Å². The number of aromatic nitrogens is 6. The van der Waals surface area contributed by atoms with Crippen LogP contribution in [0.2, 0.25) is 0 Å². The van der Waals surface area contributed by atoms with Gasteiger partial charge in [0.15, 0.2) is 0 Å². The van der Waals surface area contributed by atoms with Gasteiger partial charge in [-0.2, -0.15) is 0 Å². The molecule has 0 saturated heterocycles. The number of imidazole rings is 1. The van der Waals surface area contributed by atoms with Crippen LogP contribution >= 0.6 is 11.8 Å². The van der Waals surface area contributed by atoms with Crippen molar-refractivity contribution in [2.75, 3.05) is 12.3 Å². The minimum atomic E-state index is 0.111. The van der Waals surface area contributed by atoms with Gasteiger partial charge in [0.2, 0.25) is 5.16 Å². The number of thioether (sulfide) groups is 1. The number of hydrogen-bond donors (Lipinski definition) is 1. The van der Waals surface area contributed by atoms with Gasteiger partial charge in [-0.1, -0.05) is 11.8 Å². The SMILES string of the molecule is Cc1nccn1CCSc1nnnn1CCNC(C)(C)C. The van der Waals surface area contributed by atoms with Crippen LogP contribution in [0.1, 0.15) is 26.6 Å². The molecule has 0 atom stereocenters. The third kappa shape index (κ3) is 5.13. The summed E-state index contributed by atoms with van der Waals surface area (Å²) in [4.78, 5) is 4.21. The standard InChI is InChI=1S/C13H23N7S/c1-11-14-5-7-19(11)9-10-21-12-16-17-18-20(12)8-6-15-13(2,3)4/h5,7,15H,6,8-10H2,1-4H3. The van der Waals surface area contributed by atoms with Gasteiger partial charge >= 0.3 is 0 Å². The molecule has 0 aromatic carbocycles. The Hall–Kier alpha value is -1.41. The second-order valence-corrected chi connectivity index (χ2v) is 6.94. The van der Waals surface area contributed by atoms with Gasteiger partial charge < -0.3 is 9.88 Å². The third-order valence-corrected chi connectivity index (χ3v) is 3.90. The lowest BCUT2D eigenvalue weighted by Gasteiger charge is -2.20. The molecule has 0 fully saturated rings. The van der Waals surface area contributed by atoms with E-state index in [1.54, 1.807) is 11.8 Å². The molecule has 8 heteroatoms. The Morgan fingerprint density at radius 1 is 1.29 bits per heavy atom. The van der Waals surface area contributed by atoms with E-state index in [2.05, 4.69) is 51.2 Å². The summed E-state index contributed by atoms with van der Waals surface area (Å²) in [6, 6.07) is 0. The van der Waals surface area contributed by atoms with Gasteiger partial charge in [-0.15, -0.1) is 5.10 Å². The maximum atomic E-state index is 4.21. The quantitative estimate of drug-likeness (QED) is 0.779. The summed E-state index contributed by atoms with van der Waals surface area (Å²) in [5.41, 5.74) is 0.111. The Kier molecular flexibility index (Phi) is 5.35. The van der Waals surface area contributed by atoms with E-state index >= 15 is 0 Å². The first-order valence-corrected chi connectivity index (χ1v) is 8.06. The number of nitrogens with one attached hydrogen (secondary N) is 1. The highest BCUT2D eigenvalue weighted by atomic mass is 32.2. The monoisotopic (exact) mass is 309 g/mol. The van der Waals surface area contributed by atoms with Crippen LogP contribution in [-0.2, 0) is 13.1 Å². The van der Waals surface area contributed by atoms with Crippen LogP contribution in [0.4, 0.5) is 0 Å². The highest BCUT2D eigenvalue weighted by Crippen LogP contribution is 2.14. The number of tetrazole rings is 1. The van der Waals surface area contributed by atoms with Crippen LogP contribution in [0.5, 0.6) is 0 Å². The van der Waals surface area contributed by atoms with E-state index in [-0.39, 0.29) is 5.54 Å². The van der Waals surface area contributed by atoms with Crippen LogP contribution < -0.4 is 5.32 Å². The fraction of sp³-hybridized carbons (Fsp3) is 0.692. The molecule has 0 aliphatic carbocycles. The largest absolute Gasteiger partial charge is 0.334 e. The molecule has 0 radical (unpaired) electrons. The zero-order chi connectivity index (χ0) is 15.3. The Labute approximate surface area is 129 Å². The Balaban J connectivity index is 1.79. The number of nitrogens with zero attached hydrogens (tertiary/aromatic N) is 6. The summed E-state index contributed by atoms with van der Waals surface area (Å²) < 4.78 is 3.98. The molecule has 1 N–H and O–H groups in total. The average molecular weight is 309 g/mol. The molecular formula is C13H23N7S. The maximum absolute atomic E-state index is 4.21. The molecule has 2 aromatic rings. The van der Waals surface area contributed by atoms with Gasteiger partial charge in [-0.25, -0.2) is 9.67 Å². The van der Waals surface area contributed by atoms with Crippen LogP contribution in [-0.4, -0.2) is 47.6 Å². The van der Waals surface area contributed by atoms with Gasteiger partial charge in [-0.3, -0.25) is 0 Å². The van der Waals surface area contributed by atoms with Crippen molar-refractivity contribution >= 4 is 11.8 Å². The molecule has 0 bridgehead atoms. The molecule has 0 amide bonds. The number of hydrogen-bond acceptors (Lipinski definition) is 6. The Morgan fingerprint density at radius 3 is 2.76 bits per heavy atom. The Morgan fingerprint density at radius 2 is 2.10 bits per heavy atom. The molecule has 0 unspecified atom stereocenters. The molecule has 0 aliphatic rings. The maximum Gasteiger partial charge on any atom is 0.209 e. The molecule has 116 valence electrons. The molecule has 21 heavy (non-hydrogen) atoms. The number of rotatable bonds is 7. The minimum absolute atomic E-state index is 0.111. The predicted molar refractivity (Wildman–Crippen MR) is 83.3 cm³/mol. The summed E-state index contributed by atoms with van der Waals surface area (Å²) in [5, 5.41) is 16.2. The molecule has 2 rings (SSSR count). The van der Waals surface area contributed by atoms with Crippen molar-refractivity contribution in [2.45, 2.75) is 51.5 Å². The van der Waals surface area contributed by atoms with Crippen molar-refractivity contribution in [1.29, 1.82) is 0 Å². The van der Waals surface area contributed by atoms with Gasteiger partial charge in [-0.05, 0) is 38.1 Å². The summed E-state index contributed by atoms with van der Waals surface area (Å²) in [7, 11) is 0. The summed E-state index contributed by atoms with van der Waals surface area (Å²) in [6.45, 7) is 11.0. The third-order valence-electron chi connectivity index (χ3n) is 2.96. The molecular weight excluding hydrogens is 286 g/mol. The van der Waals surface area contributed by atoms with Crippen molar-refractivity contribution in [1.82, 2.24) is 35.1 Å². The smallest absolute Gasteiger partial charge is 0.209 e. The lowest BCUT2D eigenvalue weighted by Crippen LogP contribution is -2.38. The van der Waals surface area contributed by atoms with Gasteiger partial charge in [0, 0.05) is 36.8 Å². The minimum Gasteiger partial charge on any atom is -0.334 e. The second-order valence-electron chi connectivity index (χ2n) is 5.88. The van der Waals surface area contributed by atoms with Crippen LogP contribution in [0, 0.1) is 6.92 Å². The highest BCUT2D eigenvalue weighted by molar-refractivity contribution is 7.99. The topological polar surface area (TPSA) is 73.5 Å². The van der Waals surface area contributed by atoms with Gasteiger partial charge in [0.25, 0.3) is 0 Å². The lowest BCUT2D eigenvalue weighted by molar-refractivity contribution is 0.396. The van der Waals surface area contributed by atoms with Crippen LogP contribution in [0.15, 0.2) is 17.6 Å². The predicted octanol–water partition coefficient (Wildman–Crippen LogP) is 1.36. The van der Waals surface area contributed by atoms with Crippen molar-refractivity contribution in [3.8, 4) is 0 Å². The van der Waals surface area contributed by atoms with Gasteiger partial charge in [0.05, 0.1) is 6.54 Å². The number of aryl methyl sites for hydroxylation is 2. The van der Waals surface area contributed by atoms with Crippen LogP contribution in [0.3, 0.4) is 0 Å². The van der Waals surface area contributed by atoms with E-state index in [1.165, 1.54) is 0 Å². The zero-order valence-corrected chi connectivity index (χ0v) is 13.9. The first-order chi connectivity index (χ1) is 9.96. The fourth-order valence-corrected chi connectivity index (χ4v) is 2.69. The molecule has 2 aromatic heterocycles. The summed E-state index contributed by atoms with van der Waals surface area (Å²) in [6.07, 6.45) is 3.81. The van der Waals surface area contributed by atoms with E-state index in [9.17, 15) is 0 Å². The van der Waals surface area contributed by atoms with E-state index in [4.69, 9.17) is 0 Å². The van der Waals surface area contributed by atoms with Crippen molar-refractivity contribution in [3.05, 3.63) is 18.2 Å². The first kappa shape index (κ1) is 16.0. The second kappa shape index (κ2) is 7.04. The highest BCUT2D eigenvalue weighted by Gasteiger charge is 2.10. The van der Waals surface area contributed by atoms with E-state index < -0.39 is 0 Å². The molecule has 7 nitrogen and oxygen atoms in total. The summed E-state index contributed by atoms with van der Waals surface area (Å²) >= 11 is 1.67. The molecule has 0 aliphatic heterocycles. The van der Waals surface area contributed by atoms with Crippen molar-refractivity contribution in [3.63, 3.8) is 0 Å². The molecule has 0 saturated carbocycles. The van der Waals surface area contributed by atoms with Crippen molar-refractivity contribution in [2.24, 2.45) is 0 Å². The average Bonchev–Trinajstić information content (AvgIpc) is 2.99. The molecule has 2 heterocycles.